The molecule has 0 bridgehead atoms. The number of ether oxygens (including phenoxy) is 1. The van der Waals surface area contributed by atoms with Gasteiger partial charge in [-0.3, -0.25) is 14.4 Å². The van der Waals surface area contributed by atoms with E-state index in [-0.39, 0.29) is 24.8 Å². The molecular weight excluding hydrogens is 477 g/mol. The fourth-order valence-electron chi connectivity index (χ4n) is 4.45. The third kappa shape index (κ3) is 7.45. The molecule has 1 unspecified atom stereocenters. The summed E-state index contributed by atoms with van der Waals surface area (Å²) in [7, 11) is 0. The molecule has 2 aliphatic heterocycles. The predicted molar refractivity (Wildman–Crippen MR) is 134 cm³/mol. The molecule has 0 radical (unpaired) electrons. The highest BCUT2D eigenvalue weighted by atomic mass is 35.5. The molecule has 0 spiro atoms. The van der Waals surface area contributed by atoms with Gasteiger partial charge in [-0.25, -0.2) is 0 Å². The van der Waals surface area contributed by atoms with Gasteiger partial charge in [0.1, 0.15) is 6.04 Å². The zero-order chi connectivity index (χ0) is 24.5. The first kappa shape index (κ1) is 26.5. The second kappa shape index (κ2) is 13.1. The highest BCUT2D eigenvalue weighted by Gasteiger charge is 2.38. The van der Waals surface area contributed by atoms with E-state index in [9.17, 15) is 14.4 Å². The fourth-order valence-corrected chi connectivity index (χ4v) is 4.75. The molecular formula is C25H33Cl2N3O4. The number of carbonyl (C=O) groups excluding carboxylic acids is 3. The lowest BCUT2D eigenvalue weighted by Gasteiger charge is -2.40. The van der Waals surface area contributed by atoms with Crippen molar-refractivity contribution >= 4 is 47.1 Å². The Balaban J connectivity index is 1.64. The summed E-state index contributed by atoms with van der Waals surface area (Å²) in [5.41, 5.74) is 0.715. The van der Waals surface area contributed by atoms with Gasteiger partial charge in [-0.2, -0.15) is 0 Å². The standard InChI is InChI=1S/C25H33Cl2N3O4/c1-2-34-24(32)18-22-25(33)29(14-6-13-28-11-4-3-5-12-28)15-16-30(22)23(31)10-8-19-7-9-20(26)21(27)17-19/h7-10,17,22H,2-6,11-16,18H2,1H3. The van der Waals surface area contributed by atoms with Crippen LogP contribution in [0.5, 0.6) is 0 Å². The number of likely N-dealkylation sites (tertiary alicyclic amines) is 1. The van der Waals surface area contributed by atoms with E-state index in [4.69, 9.17) is 27.9 Å². The van der Waals surface area contributed by atoms with Crippen LogP contribution in [0.4, 0.5) is 0 Å². The van der Waals surface area contributed by atoms with Crippen LogP contribution in [0.25, 0.3) is 6.08 Å². The summed E-state index contributed by atoms with van der Waals surface area (Å²) >= 11 is 12.0. The van der Waals surface area contributed by atoms with E-state index in [1.165, 1.54) is 30.2 Å². The number of piperidine rings is 1. The smallest absolute Gasteiger partial charge is 0.308 e. The topological polar surface area (TPSA) is 70.2 Å². The summed E-state index contributed by atoms with van der Waals surface area (Å²) in [6, 6.07) is 4.20. The highest BCUT2D eigenvalue weighted by Crippen LogP contribution is 2.23. The van der Waals surface area contributed by atoms with Gasteiger partial charge in [0.05, 0.1) is 23.1 Å². The SMILES string of the molecule is CCOC(=O)CC1C(=O)N(CCCN2CCCCC2)CCN1C(=O)C=Cc1ccc(Cl)c(Cl)c1. The molecule has 2 saturated heterocycles. The number of hydrogen-bond donors (Lipinski definition) is 0. The third-order valence-corrected chi connectivity index (χ3v) is 6.98. The largest absolute Gasteiger partial charge is 0.466 e. The van der Waals surface area contributed by atoms with Gasteiger partial charge in [-0.05, 0) is 69.6 Å². The van der Waals surface area contributed by atoms with Crippen molar-refractivity contribution < 1.29 is 19.1 Å². The lowest BCUT2D eigenvalue weighted by molar-refractivity contribution is -0.156. The maximum absolute atomic E-state index is 13.3. The van der Waals surface area contributed by atoms with Gasteiger partial charge in [0.15, 0.2) is 0 Å². The molecule has 1 aromatic rings. The second-order valence-electron chi connectivity index (χ2n) is 8.64. The van der Waals surface area contributed by atoms with Crippen molar-refractivity contribution in [2.24, 2.45) is 0 Å². The van der Waals surface area contributed by atoms with Gasteiger partial charge >= 0.3 is 5.97 Å². The molecule has 9 heteroatoms. The molecule has 0 saturated carbocycles. The Bertz CT molecular complexity index is 902. The number of nitrogens with zero attached hydrogens (tertiary/aromatic N) is 3. The molecule has 7 nitrogen and oxygen atoms in total. The molecule has 1 atom stereocenters. The molecule has 186 valence electrons. The molecule has 2 amide bonds. The summed E-state index contributed by atoms with van der Waals surface area (Å²) in [5.74, 6) is -1.02. The first-order valence-corrected chi connectivity index (χ1v) is 12.7. The minimum atomic E-state index is -0.867. The van der Waals surface area contributed by atoms with Crippen molar-refractivity contribution in [3.63, 3.8) is 0 Å². The van der Waals surface area contributed by atoms with Crippen molar-refractivity contribution in [2.45, 2.75) is 45.1 Å². The van der Waals surface area contributed by atoms with Crippen LogP contribution >= 0.6 is 23.2 Å². The molecule has 0 N–H and O–H groups in total. The first-order valence-electron chi connectivity index (χ1n) is 12.0. The van der Waals surface area contributed by atoms with Crippen molar-refractivity contribution in [3.8, 4) is 0 Å². The highest BCUT2D eigenvalue weighted by molar-refractivity contribution is 6.42. The average Bonchev–Trinajstić information content (AvgIpc) is 2.83. The van der Waals surface area contributed by atoms with E-state index in [1.54, 1.807) is 36.1 Å². The van der Waals surface area contributed by atoms with Crippen LogP contribution < -0.4 is 0 Å². The van der Waals surface area contributed by atoms with Crippen LogP contribution in [0, 0.1) is 0 Å². The quantitative estimate of drug-likeness (QED) is 0.373. The molecule has 3 rings (SSSR count). The van der Waals surface area contributed by atoms with Crippen LogP contribution in [0.3, 0.4) is 0 Å². The van der Waals surface area contributed by atoms with Crippen LogP contribution in [0.15, 0.2) is 24.3 Å². The van der Waals surface area contributed by atoms with Crippen molar-refractivity contribution in [1.29, 1.82) is 0 Å². The predicted octanol–water partition coefficient (Wildman–Crippen LogP) is 3.88. The van der Waals surface area contributed by atoms with Crippen LogP contribution in [-0.2, 0) is 19.1 Å². The van der Waals surface area contributed by atoms with Gasteiger partial charge in [-0.1, -0.05) is 35.7 Å². The van der Waals surface area contributed by atoms with E-state index in [2.05, 4.69) is 4.90 Å². The van der Waals surface area contributed by atoms with Gasteiger partial charge in [0.2, 0.25) is 11.8 Å². The van der Waals surface area contributed by atoms with E-state index < -0.39 is 12.0 Å². The Morgan fingerprint density at radius 1 is 1.06 bits per heavy atom. The molecule has 34 heavy (non-hydrogen) atoms. The summed E-state index contributed by atoms with van der Waals surface area (Å²) in [4.78, 5) is 44.2. The Labute approximate surface area is 211 Å². The monoisotopic (exact) mass is 509 g/mol. The zero-order valence-electron chi connectivity index (χ0n) is 19.7. The van der Waals surface area contributed by atoms with Crippen LogP contribution in [0.2, 0.25) is 10.0 Å². The average molecular weight is 510 g/mol. The summed E-state index contributed by atoms with van der Waals surface area (Å²) in [6.07, 6.45) is 7.51. The van der Waals surface area contributed by atoms with Gasteiger partial charge < -0.3 is 19.4 Å². The Kier molecular flexibility index (Phi) is 10.2. The maximum atomic E-state index is 13.3. The van der Waals surface area contributed by atoms with Gasteiger partial charge in [0, 0.05) is 25.7 Å². The van der Waals surface area contributed by atoms with E-state index in [0.717, 1.165) is 26.1 Å². The number of benzene rings is 1. The number of rotatable bonds is 9. The van der Waals surface area contributed by atoms with Crippen molar-refractivity contribution in [2.75, 3.05) is 45.9 Å². The molecule has 0 aliphatic carbocycles. The number of esters is 1. The summed E-state index contributed by atoms with van der Waals surface area (Å²) in [5, 5.41) is 0.825. The molecule has 2 aliphatic rings. The number of halogens is 2. The summed E-state index contributed by atoms with van der Waals surface area (Å²) in [6.45, 7) is 6.58. The van der Waals surface area contributed by atoms with Crippen molar-refractivity contribution in [3.05, 3.63) is 39.9 Å². The lowest BCUT2D eigenvalue weighted by atomic mass is 10.1. The first-order chi connectivity index (χ1) is 16.4. The summed E-state index contributed by atoms with van der Waals surface area (Å²) < 4.78 is 5.07. The Morgan fingerprint density at radius 2 is 1.82 bits per heavy atom. The Morgan fingerprint density at radius 3 is 2.53 bits per heavy atom. The normalized spacial score (nSPS) is 19.6. The third-order valence-electron chi connectivity index (χ3n) is 6.25. The van der Waals surface area contributed by atoms with E-state index in [0.29, 0.717) is 35.2 Å². The van der Waals surface area contributed by atoms with Crippen LogP contribution in [0.1, 0.15) is 44.6 Å². The molecule has 2 fully saturated rings. The fraction of sp³-hybridized carbons (Fsp3) is 0.560. The second-order valence-corrected chi connectivity index (χ2v) is 9.46. The van der Waals surface area contributed by atoms with E-state index in [1.807, 2.05) is 0 Å². The Hall–Kier alpha value is -2.09. The molecule has 2 heterocycles. The zero-order valence-corrected chi connectivity index (χ0v) is 21.2. The minimum Gasteiger partial charge on any atom is -0.466 e. The number of amides is 2. The van der Waals surface area contributed by atoms with Crippen LogP contribution in [-0.4, -0.2) is 84.4 Å². The van der Waals surface area contributed by atoms with E-state index >= 15 is 0 Å². The van der Waals surface area contributed by atoms with Crippen molar-refractivity contribution in [1.82, 2.24) is 14.7 Å². The number of carbonyl (C=O) groups is 3. The molecule has 1 aromatic carbocycles. The number of piperazine rings is 1. The van der Waals surface area contributed by atoms with Gasteiger partial charge in [-0.15, -0.1) is 0 Å². The minimum absolute atomic E-state index is 0.151. The molecule has 0 aromatic heterocycles. The maximum Gasteiger partial charge on any atom is 0.308 e. The lowest BCUT2D eigenvalue weighted by Crippen LogP contribution is -2.59. The number of hydrogen-bond acceptors (Lipinski definition) is 5. The van der Waals surface area contributed by atoms with Gasteiger partial charge in [0.25, 0.3) is 0 Å².